The lowest BCUT2D eigenvalue weighted by Crippen LogP contribution is -2.36. The van der Waals surface area contributed by atoms with Crippen molar-refractivity contribution in [2.24, 2.45) is 0 Å². The SMILES string of the molecule is CC1(C)CN(CCNC(=O)CCl)c2ccccc21. The van der Waals surface area contributed by atoms with Gasteiger partial charge < -0.3 is 10.2 Å². The van der Waals surface area contributed by atoms with E-state index in [1.165, 1.54) is 11.3 Å². The Bertz CT molecular complexity index is 445. The molecule has 0 unspecified atom stereocenters. The van der Waals surface area contributed by atoms with Crippen LogP contribution in [0.4, 0.5) is 5.69 Å². The normalized spacial score (nSPS) is 16.5. The number of carbonyl (C=O) groups is 1. The highest BCUT2D eigenvalue weighted by molar-refractivity contribution is 6.27. The van der Waals surface area contributed by atoms with Crippen LogP contribution < -0.4 is 10.2 Å². The zero-order chi connectivity index (χ0) is 13.2. The fraction of sp³-hybridized carbons (Fsp3) is 0.500. The van der Waals surface area contributed by atoms with Crippen LogP contribution in [0.1, 0.15) is 19.4 Å². The van der Waals surface area contributed by atoms with E-state index in [1.54, 1.807) is 0 Å². The number of carbonyl (C=O) groups excluding carboxylic acids is 1. The van der Waals surface area contributed by atoms with Crippen molar-refractivity contribution in [3.8, 4) is 0 Å². The number of amides is 1. The first-order valence-electron chi connectivity index (χ1n) is 6.22. The Morgan fingerprint density at radius 3 is 2.89 bits per heavy atom. The molecule has 0 fully saturated rings. The van der Waals surface area contributed by atoms with E-state index in [1.807, 2.05) is 0 Å². The summed E-state index contributed by atoms with van der Waals surface area (Å²) in [5, 5.41) is 2.80. The molecule has 0 saturated heterocycles. The Morgan fingerprint density at radius 2 is 2.17 bits per heavy atom. The summed E-state index contributed by atoms with van der Waals surface area (Å²) in [6, 6.07) is 8.48. The average molecular weight is 267 g/mol. The van der Waals surface area contributed by atoms with Crippen molar-refractivity contribution in [3.05, 3.63) is 29.8 Å². The van der Waals surface area contributed by atoms with Crippen molar-refractivity contribution in [1.82, 2.24) is 5.32 Å². The molecule has 1 aliphatic rings. The molecule has 0 bridgehead atoms. The van der Waals surface area contributed by atoms with Gasteiger partial charge >= 0.3 is 0 Å². The summed E-state index contributed by atoms with van der Waals surface area (Å²) < 4.78 is 0. The summed E-state index contributed by atoms with van der Waals surface area (Å²) in [7, 11) is 0. The van der Waals surface area contributed by atoms with Gasteiger partial charge in [-0.1, -0.05) is 32.0 Å². The quantitative estimate of drug-likeness (QED) is 0.847. The van der Waals surface area contributed by atoms with Crippen LogP contribution in [0.5, 0.6) is 0 Å². The molecular formula is C14H19ClN2O. The predicted molar refractivity (Wildman–Crippen MR) is 75.4 cm³/mol. The van der Waals surface area contributed by atoms with Gasteiger partial charge in [0.25, 0.3) is 0 Å². The molecule has 0 radical (unpaired) electrons. The molecule has 1 aromatic rings. The molecule has 0 atom stereocenters. The molecule has 1 heterocycles. The molecule has 1 aliphatic heterocycles. The number of benzene rings is 1. The van der Waals surface area contributed by atoms with Crippen molar-refractivity contribution < 1.29 is 4.79 Å². The average Bonchev–Trinajstić information content (AvgIpc) is 2.62. The summed E-state index contributed by atoms with van der Waals surface area (Å²) in [6.07, 6.45) is 0. The molecule has 2 rings (SSSR count). The summed E-state index contributed by atoms with van der Waals surface area (Å²) in [5.74, 6) is -0.0781. The summed E-state index contributed by atoms with van der Waals surface area (Å²) in [6.45, 7) is 6.95. The van der Waals surface area contributed by atoms with Crippen molar-refractivity contribution in [1.29, 1.82) is 0 Å². The highest BCUT2D eigenvalue weighted by atomic mass is 35.5. The van der Waals surface area contributed by atoms with Gasteiger partial charge in [0.1, 0.15) is 5.88 Å². The molecule has 0 aliphatic carbocycles. The maximum atomic E-state index is 11.1. The summed E-state index contributed by atoms with van der Waals surface area (Å²) in [5.41, 5.74) is 2.84. The summed E-state index contributed by atoms with van der Waals surface area (Å²) in [4.78, 5) is 13.4. The molecule has 18 heavy (non-hydrogen) atoms. The number of alkyl halides is 1. The molecule has 0 aromatic heterocycles. The molecule has 0 saturated carbocycles. The second kappa shape index (κ2) is 5.19. The van der Waals surface area contributed by atoms with Gasteiger partial charge in [0, 0.05) is 30.7 Å². The Kier molecular flexibility index (Phi) is 3.81. The number of hydrogen-bond donors (Lipinski definition) is 1. The lowest BCUT2D eigenvalue weighted by atomic mass is 9.87. The van der Waals surface area contributed by atoms with Gasteiger partial charge in [0.2, 0.25) is 5.91 Å². The van der Waals surface area contributed by atoms with Crippen LogP contribution >= 0.6 is 11.6 Å². The lowest BCUT2D eigenvalue weighted by molar-refractivity contribution is -0.118. The Morgan fingerprint density at radius 1 is 1.44 bits per heavy atom. The number of anilines is 1. The van der Waals surface area contributed by atoms with E-state index in [2.05, 4.69) is 48.3 Å². The molecule has 1 aromatic carbocycles. The van der Waals surface area contributed by atoms with E-state index in [-0.39, 0.29) is 17.2 Å². The zero-order valence-corrected chi connectivity index (χ0v) is 11.6. The number of rotatable bonds is 4. The minimum Gasteiger partial charge on any atom is -0.369 e. The van der Waals surface area contributed by atoms with Crippen LogP contribution in [0.25, 0.3) is 0 Å². The number of nitrogens with one attached hydrogen (secondary N) is 1. The van der Waals surface area contributed by atoms with Crippen molar-refractivity contribution in [2.75, 3.05) is 30.4 Å². The first-order valence-corrected chi connectivity index (χ1v) is 6.75. The van der Waals surface area contributed by atoms with E-state index < -0.39 is 0 Å². The van der Waals surface area contributed by atoms with Crippen LogP contribution in [0, 0.1) is 0 Å². The van der Waals surface area contributed by atoms with E-state index >= 15 is 0 Å². The largest absolute Gasteiger partial charge is 0.369 e. The minimum absolute atomic E-state index is 0.0298. The van der Waals surface area contributed by atoms with E-state index in [4.69, 9.17) is 11.6 Å². The Balaban J connectivity index is 2.02. The third-order valence-electron chi connectivity index (χ3n) is 3.39. The fourth-order valence-corrected chi connectivity index (χ4v) is 2.64. The van der Waals surface area contributed by atoms with Gasteiger partial charge in [0.05, 0.1) is 0 Å². The number of hydrogen-bond acceptors (Lipinski definition) is 2. The molecule has 1 N–H and O–H groups in total. The van der Waals surface area contributed by atoms with Crippen molar-refractivity contribution >= 4 is 23.2 Å². The lowest BCUT2D eigenvalue weighted by Gasteiger charge is -2.22. The number of para-hydroxylation sites is 1. The van der Waals surface area contributed by atoms with Gasteiger partial charge in [-0.2, -0.15) is 0 Å². The standard InChI is InChI=1S/C14H19ClN2O/c1-14(2)10-17(8-7-16-13(18)9-15)12-6-4-3-5-11(12)14/h3-6H,7-10H2,1-2H3,(H,16,18). The van der Waals surface area contributed by atoms with Crippen LogP contribution in [-0.2, 0) is 10.2 Å². The molecule has 98 valence electrons. The van der Waals surface area contributed by atoms with Gasteiger partial charge in [-0.15, -0.1) is 11.6 Å². The predicted octanol–water partition coefficient (Wildman–Crippen LogP) is 2.14. The number of fused-ring (bicyclic) bond motifs is 1. The summed E-state index contributed by atoms with van der Waals surface area (Å²) >= 11 is 5.45. The fourth-order valence-electron chi connectivity index (χ4n) is 2.55. The van der Waals surface area contributed by atoms with Crippen LogP contribution in [0.2, 0.25) is 0 Å². The Labute approximate surface area is 113 Å². The highest BCUT2D eigenvalue weighted by Gasteiger charge is 2.34. The molecular weight excluding hydrogens is 248 g/mol. The molecule has 1 amide bonds. The second-order valence-corrected chi connectivity index (χ2v) is 5.57. The van der Waals surface area contributed by atoms with Gasteiger partial charge in [0.15, 0.2) is 0 Å². The molecule has 3 nitrogen and oxygen atoms in total. The van der Waals surface area contributed by atoms with E-state index in [0.29, 0.717) is 6.54 Å². The number of nitrogens with zero attached hydrogens (tertiary/aromatic N) is 1. The third-order valence-corrected chi connectivity index (χ3v) is 3.63. The zero-order valence-electron chi connectivity index (χ0n) is 10.9. The monoisotopic (exact) mass is 266 g/mol. The number of halogens is 1. The molecule has 4 heteroatoms. The molecule has 0 spiro atoms. The first-order chi connectivity index (χ1) is 8.54. The van der Waals surface area contributed by atoms with Gasteiger partial charge in [-0.25, -0.2) is 0 Å². The topological polar surface area (TPSA) is 32.3 Å². The van der Waals surface area contributed by atoms with Crippen LogP contribution in [0.15, 0.2) is 24.3 Å². The second-order valence-electron chi connectivity index (χ2n) is 5.31. The van der Waals surface area contributed by atoms with Crippen molar-refractivity contribution in [3.63, 3.8) is 0 Å². The highest BCUT2D eigenvalue weighted by Crippen LogP contribution is 2.39. The van der Waals surface area contributed by atoms with E-state index in [9.17, 15) is 4.79 Å². The van der Waals surface area contributed by atoms with E-state index in [0.717, 1.165) is 13.1 Å². The van der Waals surface area contributed by atoms with Crippen molar-refractivity contribution in [2.45, 2.75) is 19.3 Å². The van der Waals surface area contributed by atoms with Crippen LogP contribution in [0.3, 0.4) is 0 Å². The van der Waals surface area contributed by atoms with Gasteiger partial charge in [-0.3, -0.25) is 4.79 Å². The Hall–Kier alpha value is -1.22. The first kappa shape index (κ1) is 13.2. The van der Waals surface area contributed by atoms with Crippen LogP contribution in [-0.4, -0.2) is 31.4 Å². The smallest absolute Gasteiger partial charge is 0.234 e. The third kappa shape index (κ3) is 2.61. The minimum atomic E-state index is -0.108. The van der Waals surface area contributed by atoms with Gasteiger partial charge in [-0.05, 0) is 11.6 Å². The maximum Gasteiger partial charge on any atom is 0.234 e. The maximum absolute atomic E-state index is 11.1.